The van der Waals surface area contributed by atoms with Crippen LogP contribution in [-0.4, -0.2) is 62.5 Å². The molecule has 8 nitrogen and oxygen atoms in total. The van der Waals surface area contributed by atoms with Gasteiger partial charge >= 0.3 is 11.9 Å². The summed E-state index contributed by atoms with van der Waals surface area (Å²) in [7, 11) is 2.14. The second kappa shape index (κ2) is 11.6. The van der Waals surface area contributed by atoms with Crippen LogP contribution in [0.4, 0.5) is 0 Å². The van der Waals surface area contributed by atoms with Crippen LogP contribution in [0.1, 0.15) is 45.2 Å². The van der Waals surface area contributed by atoms with E-state index in [1.54, 1.807) is 0 Å². The quantitative estimate of drug-likeness (QED) is 0.544. The van der Waals surface area contributed by atoms with E-state index < -0.39 is 11.9 Å². The Morgan fingerprint density at radius 1 is 1.27 bits per heavy atom. The Kier molecular flexibility index (Phi) is 9.82. The summed E-state index contributed by atoms with van der Waals surface area (Å²) in [6.45, 7) is 7.32. The standard InChI is InChI=1S/C15H25N3OS.C2H2O4/c1-12(2)7-4-5-10-19-15-14(16-20-17-15)13-8-6-9-18(3)11-13;3-1(4)2(5)6/h8,12H,4-7,9-11H2,1-3H3;(H,3,4)(H,5,6). The van der Waals surface area contributed by atoms with Crippen LogP contribution in [0.25, 0.3) is 5.57 Å². The summed E-state index contributed by atoms with van der Waals surface area (Å²) in [4.78, 5) is 20.5. The third-order valence-corrected chi connectivity index (χ3v) is 4.21. The zero-order chi connectivity index (χ0) is 19.5. The van der Waals surface area contributed by atoms with Gasteiger partial charge in [0.2, 0.25) is 0 Å². The number of aromatic nitrogens is 2. The molecule has 1 aliphatic heterocycles. The van der Waals surface area contributed by atoms with E-state index in [0.29, 0.717) is 0 Å². The molecule has 2 N–H and O–H groups in total. The van der Waals surface area contributed by atoms with Gasteiger partial charge in [0.15, 0.2) is 0 Å². The fraction of sp³-hybridized carbons (Fsp3) is 0.647. The van der Waals surface area contributed by atoms with Gasteiger partial charge in [-0.15, -0.1) is 4.37 Å². The third-order valence-electron chi connectivity index (χ3n) is 3.70. The van der Waals surface area contributed by atoms with E-state index in [9.17, 15) is 0 Å². The first kappa shape index (κ1) is 22.0. The van der Waals surface area contributed by atoms with Crippen molar-refractivity contribution in [1.29, 1.82) is 0 Å². The van der Waals surface area contributed by atoms with Crippen LogP contribution in [0.5, 0.6) is 5.88 Å². The highest BCUT2D eigenvalue weighted by Crippen LogP contribution is 2.27. The highest BCUT2D eigenvalue weighted by atomic mass is 32.1. The minimum absolute atomic E-state index is 0.723. The minimum atomic E-state index is -1.82. The van der Waals surface area contributed by atoms with E-state index in [-0.39, 0.29) is 0 Å². The van der Waals surface area contributed by atoms with Crippen LogP contribution in [0.15, 0.2) is 6.08 Å². The maximum absolute atomic E-state index is 9.10. The van der Waals surface area contributed by atoms with Gasteiger partial charge in [-0.05, 0) is 37.8 Å². The first-order chi connectivity index (χ1) is 12.3. The average molecular weight is 385 g/mol. The number of carboxylic acids is 2. The maximum Gasteiger partial charge on any atom is 0.414 e. The molecule has 0 saturated heterocycles. The second-order valence-corrected chi connectivity index (χ2v) is 7.05. The van der Waals surface area contributed by atoms with Crippen LogP contribution in [0.3, 0.4) is 0 Å². The highest BCUT2D eigenvalue weighted by molar-refractivity contribution is 6.99. The fourth-order valence-electron chi connectivity index (χ4n) is 2.36. The molecule has 1 aliphatic rings. The minimum Gasteiger partial charge on any atom is -0.475 e. The number of hydrogen-bond acceptors (Lipinski definition) is 7. The van der Waals surface area contributed by atoms with Crippen molar-refractivity contribution in [3.05, 3.63) is 11.8 Å². The number of unbranched alkanes of at least 4 members (excludes halogenated alkanes) is 1. The van der Waals surface area contributed by atoms with E-state index in [1.807, 2.05) is 0 Å². The van der Waals surface area contributed by atoms with Crippen molar-refractivity contribution in [2.75, 3.05) is 26.7 Å². The van der Waals surface area contributed by atoms with Crippen LogP contribution in [0.2, 0.25) is 0 Å². The van der Waals surface area contributed by atoms with Crippen molar-refractivity contribution in [2.24, 2.45) is 5.92 Å². The van der Waals surface area contributed by atoms with Crippen LogP contribution in [0, 0.1) is 5.92 Å². The number of likely N-dealkylation sites (N-methyl/N-ethyl adjacent to an activating group) is 1. The molecule has 0 amide bonds. The molecule has 0 saturated carbocycles. The van der Waals surface area contributed by atoms with E-state index in [2.05, 4.69) is 40.6 Å². The number of aliphatic carboxylic acids is 2. The molecule has 0 spiro atoms. The Labute approximate surface area is 157 Å². The Morgan fingerprint density at radius 3 is 2.54 bits per heavy atom. The van der Waals surface area contributed by atoms with Gasteiger partial charge in [-0.25, -0.2) is 9.59 Å². The Hall–Kier alpha value is -2.00. The molecule has 0 bridgehead atoms. The Morgan fingerprint density at radius 2 is 1.96 bits per heavy atom. The summed E-state index contributed by atoms with van der Waals surface area (Å²) in [6.07, 6.45) is 6.92. The van der Waals surface area contributed by atoms with Crippen molar-refractivity contribution in [3.8, 4) is 5.88 Å². The molecule has 1 aromatic heterocycles. The van der Waals surface area contributed by atoms with Crippen molar-refractivity contribution >= 4 is 29.2 Å². The number of rotatable bonds is 7. The first-order valence-corrected chi connectivity index (χ1v) is 9.33. The normalized spacial score (nSPS) is 14.4. The van der Waals surface area contributed by atoms with Crippen LogP contribution in [-0.2, 0) is 9.59 Å². The third kappa shape index (κ3) is 8.39. The molecular formula is C17H27N3O5S. The Bertz CT molecular complexity index is 603. The zero-order valence-corrected chi connectivity index (χ0v) is 16.3. The van der Waals surface area contributed by atoms with Gasteiger partial charge < -0.3 is 19.8 Å². The molecule has 0 fully saturated rings. The molecule has 146 valence electrons. The summed E-state index contributed by atoms with van der Waals surface area (Å²) in [6, 6.07) is 0. The smallest absolute Gasteiger partial charge is 0.414 e. The lowest BCUT2D eigenvalue weighted by Crippen LogP contribution is -2.25. The summed E-state index contributed by atoms with van der Waals surface area (Å²) in [5.74, 6) is -2.15. The van der Waals surface area contributed by atoms with Gasteiger partial charge in [-0.1, -0.05) is 26.3 Å². The molecule has 0 unspecified atom stereocenters. The summed E-state index contributed by atoms with van der Waals surface area (Å²) in [5.41, 5.74) is 2.20. The summed E-state index contributed by atoms with van der Waals surface area (Å²) < 4.78 is 14.5. The van der Waals surface area contributed by atoms with Gasteiger partial charge in [0.25, 0.3) is 5.88 Å². The average Bonchev–Trinajstić information content (AvgIpc) is 3.03. The predicted octanol–water partition coefficient (Wildman–Crippen LogP) is 2.62. The van der Waals surface area contributed by atoms with Gasteiger partial charge in [-0.2, -0.15) is 4.37 Å². The molecule has 0 aliphatic carbocycles. The molecule has 9 heteroatoms. The van der Waals surface area contributed by atoms with Crippen molar-refractivity contribution in [1.82, 2.24) is 13.6 Å². The lowest BCUT2D eigenvalue weighted by molar-refractivity contribution is -0.159. The van der Waals surface area contributed by atoms with E-state index >= 15 is 0 Å². The molecule has 2 rings (SSSR count). The first-order valence-electron chi connectivity index (χ1n) is 8.60. The number of ether oxygens (including phenoxy) is 1. The summed E-state index contributed by atoms with van der Waals surface area (Å²) >= 11 is 1.25. The second-order valence-electron chi connectivity index (χ2n) is 6.52. The van der Waals surface area contributed by atoms with Crippen molar-refractivity contribution < 1.29 is 24.5 Å². The zero-order valence-electron chi connectivity index (χ0n) is 15.5. The van der Waals surface area contributed by atoms with E-state index in [1.165, 1.54) is 30.1 Å². The van der Waals surface area contributed by atoms with E-state index in [0.717, 1.165) is 50.0 Å². The monoisotopic (exact) mass is 385 g/mol. The molecular weight excluding hydrogens is 358 g/mol. The number of hydrogen-bond donors (Lipinski definition) is 2. The van der Waals surface area contributed by atoms with Gasteiger partial charge in [-0.3, -0.25) is 0 Å². The SMILES string of the molecule is CC(C)CCCCOc1nsnc1C1=CCCN(C)C1.O=C(O)C(=O)O. The Balaban J connectivity index is 0.000000487. The largest absolute Gasteiger partial charge is 0.475 e. The molecule has 1 aromatic rings. The number of carboxylic acid groups (broad SMARTS) is 2. The predicted molar refractivity (Wildman–Crippen MR) is 99.5 cm³/mol. The van der Waals surface area contributed by atoms with Crippen molar-refractivity contribution in [2.45, 2.75) is 39.5 Å². The van der Waals surface area contributed by atoms with Gasteiger partial charge in [0.05, 0.1) is 18.3 Å². The van der Waals surface area contributed by atoms with Gasteiger partial charge in [0.1, 0.15) is 5.69 Å². The highest BCUT2D eigenvalue weighted by Gasteiger charge is 2.18. The van der Waals surface area contributed by atoms with Crippen molar-refractivity contribution in [3.63, 3.8) is 0 Å². The molecule has 26 heavy (non-hydrogen) atoms. The molecule has 0 atom stereocenters. The number of nitrogens with zero attached hydrogens (tertiary/aromatic N) is 3. The fourth-order valence-corrected chi connectivity index (χ4v) is 2.89. The summed E-state index contributed by atoms with van der Waals surface area (Å²) in [5, 5.41) is 14.8. The number of carbonyl (C=O) groups is 2. The molecule has 0 aromatic carbocycles. The molecule has 0 radical (unpaired) electrons. The van der Waals surface area contributed by atoms with Crippen LogP contribution >= 0.6 is 11.7 Å². The molecule has 2 heterocycles. The maximum atomic E-state index is 9.10. The van der Waals surface area contributed by atoms with Gasteiger partial charge in [0, 0.05) is 13.1 Å². The lowest BCUT2D eigenvalue weighted by Gasteiger charge is -2.22. The topological polar surface area (TPSA) is 113 Å². The lowest BCUT2D eigenvalue weighted by atomic mass is 10.1. The van der Waals surface area contributed by atoms with Crippen LogP contribution < -0.4 is 4.74 Å². The van der Waals surface area contributed by atoms with E-state index in [4.69, 9.17) is 24.5 Å².